The van der Waals surface area contributed by atoms with Gasteiger partial charge in [0.15, 0.2) is 0 Å². The van der Waals surface area contributed by atoms with Crippen LogP contribution < -0.4 is 5.32 Å². The van der Waals surface area contributed by atoms with E-state index in [0.717, 1.165) is 31.1 Å². The summed E-state index contributed by atoms with van der Waals surface area (Å²) in [5.74, 6) is 0.711. The molecule has 2 atom stereocenters. The lowest BCUT2D eigenvalue weighted by atomic mass is 10.1. The topological polar surface area (TPSA) is 73.6 Å². The number of nitrogens with zero attached hydrogens (tertiary/aromatic N) is 4. The number of aryl methyl sites for hydroxylation is 2. The summed E-state index contributed by atoms with van der Waals surface area (Å²) in [6, 6.07) is 2.20. The molecule has 1 aromatic rings. The van der Waals surface area contributed by atoms with Crippen LogP contribution in [0.4, 0.5) is 5.82 Å². The van der Waals surface area contributed by atoms with Gasteiger partial charge in [0.1, 0.15) is 5.82 Å². The Morgan fingerprint density at radius 2 is 2.27 bits per heavy atom. The van der Waals surface area contributed by atoms with E-state index in [1.165, 1.54) is 0 Å². The lowest BCUT2D eigenvalue weighted by Crippen LogP contribution is -2.54. The number of rotatable bonds is 5. The van der Waals surface area contributed by atoms with Gasteiger partial charge in [0, 0.05) is 45.3 Å². The van der Waals surface area contributed by atoms with Gasteiger partial charge >= 0.3 is 0 Å². The second-order valence-electron chi connectivity index (χ2n) is 6.27. The van der Waals surface area contributed by atoms with Crippen LogP contribution in [-0.4, -0.2) is 75.5 Å². The first kappa shape index (κ1) is 16.9. The van der Waals surface area contributed by atoms with Gasteiger partial charge in [-0.3, -0.25) is 19.3 Å². The van der Waals surface area contributed by atoms with Crippen LogP contribution in [0.1, 0.15) is 19.5 Å². The van der Waals surface area contributed by atoms with Crippen molar-refractivity contribution in [1.29, 1.82) is 0 Å². The number of amides is 1. The van der Waals surface area contributed by atoms with E-state index < -0.39 is 0 Å². The Morgan fingerprint density at radius 3 is 2.82 bits per heavy atom. The third kappa shape index (κ3) is 4.53. The Labute approximate surface area is 131 Å². The van der Waals surface area contributed by atoms with Crippen molar-refractivity contribution >= 4 is 11.7 Å². The van der Waals surface area contributed by atoms with Crippen molar-refractivity contribution in [1.82, 2.24) is 19.6 Å². The molecule has 0 unspecified atom stereocenters. The number of carbonyl (C=O) groups is 1. The Kier molecular flexibility index (Phi) is 5.55. The molecule has 0 radical (unpaired) electrons. The highest BCUT2D eigenvalue weighted by Crippen LogP contribution is 2.11. The number of hydrogen-bond acceptors (Lipinski definition) is 5. The van der Waals surface area contributed by atoms with Crippen molar-refractivity contribution in [3.05, 3.63) is 11.8 Å². The summed E-state index contributed by atoms with van der Waals surface area (Å²) >= 11 is 0. The van der Waals surface area contributed by atoms with Crippen LogP contribution in [0.2, 0.25) is 0 Å². The van der Waals surface area contributed by atoms with Gasteiger partial charge in [-0.25, -0.2) is 0 Å². The largest absolute Gasteiger partial charge is 0.392 e. The normalized spacial score (nSPS) is 21.8. The lowest BCUT2D eigenvalue weighted by Gasteiger charge is -2.40. The molecule has 1 saturated heterocycles. The van der Waals surface area contributed by atoms with Crippen LogP contribution in [0.25, 0.3) is 0 Å². The smallest absolute Gasteiger partial charge is 0.239 e. The highest BCUT2D eigenvalue weighted by atomic mass is 16.3. The van der Waals surface area contributed by atoms with Gasteiger partial charge in [-0.2, -0.15) is 5.10 Å². The molecule has 1 aliphatic heterocycles. The summed E-state index contributed by atoms with van der Waals surface area (Å²) in [6.45, 7) is 9.48. The number of carbonyl (C=O) groups excluding carboxylic acids is 1. The molecule has 0 saturated carbocycles. The first-order chi connectivity index (χ1) is 10.3. The zero-order valence-electron chi connectivity index (χ0n) is 13.9. The van der Waals surface area contributed by atoms with E-state index in [2.05, 4.69) is 27.1 Å². The van der Waals surface area contributed by atoms with Crippen molar-refractivity contribution < 1.29 is 9.90 Å². The number of aromatic nitrogens is 2. The van der Waals surface area contributed by atoms with Crippen LogP contribution in [-0.2, 0) is 11.8 Å². The SMILES string of the molecule is Cc1cc(NC(=O)CN2CCN(C[C@@H](C)O)[C@H](C)C2)n(C)n1. The van der Waals surface area contributed by atoms with E-state index in [1.807, 2.05) is 27.0 Å². The highest BCUT2D eigenvalue weighted by Gasteiger charge is 2.25. The molecule has 2 rings (SSSR count). The molecule has 2 N–H and O–H groups in total. The molecular weight excluding hydrogens is 282 g/mol. The number of anilines is 1. The van der Waals surface area contributed by atoms with Gasteiger partial charge in [0.05, 0.1) is 18.3 Å². The average molecular weight is 309 g/mol. The summed E-state index contributed by atoms with van der Waals surface area (Å²) in [4.78, 5) is 16.6. The Bertz CT molecular complexity index is 514. The van der Waals surface area contributed by atoms with Gasteiger partial charge in [0.2, 0.25) is 5.91 Å². The zero-order valence-corrected chi connectivity index (χ0v) is 13.9. The zero-order chi connectivity index (χ0) is 16.3. The summed E-state index contributed by atoms with van der Waals surface area (Å²) in [6.07, 6.45) is -0.314. The lowest BCUT2D eigenvalue weighted by molar-refractivity contribution is -0.118. The minimum Gasteiger partial charge on any atom is -0.392 e. The monoisotopic (exact) mass is 309 g/mol. The van der Waals surface area contributed by atoms with Crippen molar-refractivity contribution in [2.75, 3.05) is 38.0 Å². The predicted octanol–water partition coefficient (Wildman–Crippen LogP) is 0.0539. The van der Waals surface area contributed by atoms with E-state index in [-0.39, 0.29) is 12.0 Å². The second-order valence-corrected chi connectivity index (χ2v) is 6.27. The molecule has 1 aromatic heterocycles. The molecule has 7 nitrogen and oxygen atoms in total. The Morgan fingerprint density at radius 1 is 1.55 bits per heavy atom. The number of β-amino-alcohol motifs (C(OH)–C–C–N with tert-alkyl or cyclic N) is 1. The molecule has 0 aliphatic carbocycles. The molecule has 2 heterocycles. The number of aliphatic hydroxyl groups excluding tert-OH is 1. The summed E-state index contributed by atoms with van der Waals surface area (Å²) in [5, 5.41) is 16.6. The van der Waals surface area contributed by atoms with Gasteiger partial charge < -0.3 is 10.4 Å². The minimum atomic E-state index is -0.314. The van der Waals surface area contributed by atoms with Crippen LogP contribution in [0.15, 0.2) is 6.07 Å². The Hall–Kier alpha value is -1.44. The minimum absolute atomic E-state index is 0.0147. The number of piperazine rings is 1. The third-order valence-electron chi connectivity index (χ3n) is 3.98. The molecule has 1 aliphatic rings. The maximum atomic E-state index is 12.2. The van der Waals surface area contributed by atoms with Gasteiger partial charge in [-0.15, -0.1) is 0 Å². The third-order valence-corrected chi connectivity index (χ3v) is 3.98. The molecule has 1 amide bonds. The molecule has 124 valence electrons. The molecular formula is C15H27N5O2. The fourth-order valence-electron chi connectivity index (χ4n) is 2.94. The van der Waals surface area contributed by atoms with Crippen molar-refractivity contribution in [3.8, 4) is 0 Å². The van der Waals surface area contributed by atoms with Gasteiger partial charge in [-0.1, -0.05) is 0 Å². The van der Waals surface area contributed by atoms with E-state index in [1.54, 1.807) is 4.68 Å². The number of nitrogens with one attached hydrogen (secondary N) is 1. The van der Waals surface area contributed by atoms with Gasteiger partial charge in [-0.05, 0) is 20.8 Å². The van der Waals surface area contributed by atoms with Gasteiger partial charge in [0.25, 0.3) is 0 Å². The number of hydrogen-bond donors (Lipinski definition) is 2. The molecule has 0 bridgehead atoms. The summed E-state index contributed by atoms with van der Waals surface area (Å²) < 4.78 is 1.68. The standard InChI is InChI=1S/C15H27N5O2/c1-11-7-14(18(4)17-11)16-15(22)10-19-5-6-20(9-13(3)21)12(2)8-19/h7,12-13,21H,5-6,8-10H2,1-4H3,(H,16,22)/t12-,13-/m1/s1. The molecule has 7 heteroatoms. The number of aliphatic hydroxyl groups is 1. The van der Waals surface area contributed by atoms with E-state index in [4.69, 9.17) is 0 Å². The molecule has 0 spiro atoms. The summed E-state index contributed by atoms with van der Waals surface area (Å²) in [7, 11) is 1.82. The van der Waals surface area contributed by atoms with Crippen molar-refractivity contribution in [2.45, 2.75) is 32.9 Å². The molecule has 0 aromatic carbocycles. The predicted molar refractivity (Wildman–Crippen MR) is 85.7 cm³/mol. The molecule has 22 heavy (non-hydrogen) atoms. The highest BCUT2D eigenvalue weighted by molar-refractivity contribution is 5.91. The van der Waals surface area contributed by atoms with Crippen LogP contribution >= 0.6 is 0 Å². The second kappa shape index (κ2) is 7.21. The maximum Gasteiger partial charge on any atom is 0.239 e. The Balaban J connectivity index is 1.82. The maximum absolute atomic E-state index is 12.2. The van der Waals surface area contributed by atoms with Crippen molar-refractivity contribution in [2.24, 2.45) is 7.05 Å². The van der Waals surface area contributed by atoms with Crippen LogP contribution in [0.5, 0.6) is 0 Å². The molecule has 1 fully saturated rings. The summed E-state index contributed by atoms with van der Waals surface area (Å²) in [5.41, 5.74) is 0.887. The quantitative estimate of drug-likeness (QED) is 0.804. The van der Waals surface area contributed by atoms with Crippen LogP contribution in [0.3, 0.4) is 0 Å². The van der Waals surface area contributed by atoms with Crippen molar-refractivity contribution in [3.63, 3.8) is 0 Å². The first-order valence-corrected chi connectivity index (χ1v) is 7.80. The fourth-order valence-corrected chi connectivity index (χ4v) is 2.94. The fraction of sp³-hybridized carbons (Fsp3) is 0.733. The average Bonchev–Trinajstić information content (AvgIpc) is 2.70. The van der Waals surface area contributed by atoms with Crippen LogP contribution in [0, 0.1) is 6.92 Å². The van der Waals surface area contributed by atoms with E-state index in [9.17, 15) is 9.90 Å². The van der Waals surface area contributed by atoms with E-state index in [0.29, 0.717) is 19.1 Å². The first-order valence-electron chi connectivity index (χ1n) is 7.80. The van der Waals surface area contributed by atoms with E-state index >= 15 is 0 Å².